The zero-order valence-corrected chi connectivity index (χ0v) is 20.5. The molecule has 0 saturated carbocycles. The molecule has 4 rings (SSSR count). The highest BCUT2D eigenvalue weighted by molar-refractivity contribution is 6.32. The van der Waals surface area contributed by atoms with E-state index in [1.807, 2.05) is 80.6 Å². The van der Waals surface area contributed by atoms with Crippen molar-refractivity contribution < 1.29 is 9.59 Å². The Labute approximate surface area is 210 Å². The average molecular weight is 487 g/mol. The van der Waals surface area contributed by atoms with E-state index in [0.29, 0.717) is 34.3 Å². The van der Waals surface area contributed by atoms with Gasteiger partial charge < -0.3 is 10.2 Å². The average Bonchev–Trinajstić information content (AvgIpc) is 3.28. The number of hydrogen-bond acceptors (Lipinski definition) is 3. The third kappa shape index (κ3) is 5.78. The van der Waals surface area contributed by atoms with E-state index in [2.05, 4.69) is 5.32 Å². The molecule has 6 nitrogen and oxygen atoms in total. The number of aryl methyl sites for hydroxylation is 1. The van der Waals surface area contributed by atoms with Crippen molar-refractivity contribution in [3.63, 3.8) is 0 Å². The molecule has 178 valence electrons. The van der Waals surface area contributed by atoms with Crippen LogP contribution in [-0.2, 0) is 4.79 Å². The molecule has 0 aliphatic carbocycles. The summed E-state index contributed by atoms with van der Waals surface area (Å²) in [5, 5.41) is 8.15. The van der Waals surface area contributed by atoms with Gasteiger partial charge in [-0.3, -0.25) is 9.59 Å². The molecule has 7 heteroatoms. The third-order valence-electron chi connectivity index (χ3n) is 5.54. The second-order valence-corrected chi connectivity index (χ2v) is 8.69. The maximum Gasteiger partial charge on any atom is 0.254 e. The van der Waals surface area contributed by atoms with E-state index in [4.69, 9.17) is 16.7 Å². The summed E-state index contributed by atoms with van der Waals surface area (Å²) in [5.41, 5.74) is 3.89. The van der Waals surface area contributed by atoms with Gasteiger partial charge in [0.1, 0.15) is 12.4 Å². The molecule has 0 bridgehead atoms. The molecule has 4 aromatic rings. The van der Waals surface area contributed by atoms with Crippen LogP contribution < -0.4 is 5.32 Å². The Bertz CT molecular complexity index is 1320. The van der Waals surface area contributed by atoms with Crippen LogP contribution in [0.4, 0.5) is 5.82 Å². The molecule has 0 saturated heterocycles. The first-order valence-electron chi connectivity index (χ1n) is 11.5. The molecule has 1 aromatic heterocycles. The number of carbonyl (C=O) groups excluding carboxylic acids is 2. The van der Waals surface area contributed by atoms with E-state index in [1.165, 1.54) is 0 Å². The standard InChI is InChI=1S/C28H27ClN4O2/c1-3-17-32(28(35)22-15-13-20(2)14-16-22)19-27(34)30-26-18-24(21-9-5-4-6-10-21)31-33(26)25-12-8-7-11-23(25)29/h4-16,18H,3,17,19H2,1-2H3,(H,30,34). The number of carbonyl (C=O) groups is 2. The normalized spacial score (nSPS) is 10.7. The van der Waals surface area contributed by atoms with Crippen LogP contribution in [0.2, 0.25) is 5.02 Å². The molecule has 0 unspecified atom stereocenters. The second-order valence-electron chi connectivity index (χ2n) is 8.28. The number of anilines is 1. The first-order chi connectivity index (χ1) is 17.0. The van der Waals surface area contributed by atoms with Gasteiger partial charge in [-0.05, 0) is 37.6 Å². The number of nitrogens with zero attached hydrogens (tertiary/aromatic N) is 3. The predicted molar refractivity (Wildman–Crippen MR) is 140 cm³/mol. The Morgan fingerprint density at radius 3 is 2.34 bits per heavy atom. The molecular formula is C28H27ClN4O2. The van der Waals surface area contributed by atoms with Gasteiger partial charge in [0.25, 0.3) is 5.91 Å². The van der Waals surface area contributed by atoms with Crippen LogP contribution >= 0.6 is 11.6 Å². The molecule has 0 aliphatic rings. The number of amides is 2. The Morgan fingerprint density at radius 2 is 1.66 bits per heavy atom. The van der Waals surface area contributed by atoms with Crippen molar-refractivity contribution in [1.82, 2.24) is 14.7 Å². The van der Waals surface area contributed by atoms with E-state index in [9.17, 15) is 9.59 Å². The summed E-state index contributed by atoms with van der Waals surface area (Å²) in [4.78, 5) is 27.8. The Kier molecular flexibility index (Phi) is 7.63. The minimum absolute atomic E-state index is 0.0745. The molecule has 0 radical (unpaired) electrons. The van der Waals surface area contributed by atoms with Crippen LogP contribution in [0.3, 0.4) is 0 Å². The third-order valence-corrected chi connectivity index (χ3v) is 5.86. The molecule has 1 heterocycles. The van der Waals surface area contributed by atoms with Crippen LogP contribution in [0.15, 0.2) is 84.9 Å². The van der Waals surface area contributed by atoms with Crippen molar-refractivity contribution in [1.29, 1.82) is 0 Å². The monoisotopic (exact) mass is 486 g/mol. The molecule has 3 aromatic carbocycles. The lowest BCUT2D eigenvalue weighted by Gasteiger charge is -2.22. The van der Waals surface area contributed by atoms with Gasteiger partial charge in [0.05, 0.1) is 16.4 Å². The first-order valence-corrected chi connectivity index (χ1v) is 11.9. The number of rotatable bonds is 8. The van der Waals surface area contributed by atoms with Crippen LogP contribution in [-0.4, -0.2) is 39.6 Å². The van der Waals surface area contributed by atoms with Crippen molar-refractivity contribution in [2.45, 2.75) is 20.3 Å². The Hall–Kier alpha value is -3.90. The van der Waals surface area contributed by atoms with Gasteiger partial charge in [-0.15, -0.1) is 0 Å². The van der Waals surface area contributed by atoms with E-state index in [0.717, 1.165) is 17.5 Å². The predicted octanol–water partition coefficient (Wildman–Crippen LogP) is 5.99. The second kappa shape index (κ2) is 11.0. The Balaban J connectivity index is 1.61. The zero-order chi connectivity index (χ0) is 24.8. The number of halogens is 1. The van der Waals surface area contributed by atoms with Crippen molar-refractivity contribution >= 4 is 29.2 Å². The lowest BCUT2D eigenvalue weighted by atomic mass is 10.1. The summed E-state index contributed by atoms with van der Waals surface area (Å²) >= 11 is 6.44. The molecular weight excluding hydrogens is 460 g/mol. The molecule has 1 N–H and O–H groups in total. The van der Waals surface area contributed by atoms with Gasteiger partial charge in [0.15, 0.2) is 0 Å². The van der Waals surface area contributed by atoms with Crippen molar-refractivity contribution in [2.75, 3.05) is 18.4 Å². The van der Waals surface area contributed by atoms with Crippen LogP contribution in [0.1, 0.15) is 29.3 Å². The van der Waals surface area contributed by atoms with Gasteiger partial charge >= 0.3 is 0 Å². The van der Waals surface area contributed by atoms with E-state index in [-0.39, 0.29) is 18.4 Å². The topological polar surface area (TPSA) is 67.2 Å². The largest absolute Gasteiger partial charge is 0.329 e. The summed E-state index contributed by atoms with van der Waals surface area (Å²) in [7, 11) is 0. The fourth-order valence-corrected chi connectivity index (χ4v) is 4.00. The summed E-state index contributed by atoms with van der Waals surface area (Å²) in [5.74, 6) is -0.0144. The molecule has 0 fully saturated rings. The summed E-state index contributed by atoms with van der Waals surface area (Å²) in [6.45, 7) is 4.34. The molecule has 2 amide bonds. The lowest BCUT2D eigenvalue weighted by Crippen LogP contribution is -2.38. The van der Waals surface area contributed by atoms with Gasteiger partial charge in [0.2, 0.25) is 5.91 Å². The highest BCUT2D eigenvalue weighted by Gasteiger charge is 2.20. The number of benzene rings is 3. The molecule has 35 heavy (non-hydrogen) atoms. The highest BCUT2D eigenvalue weighted by Crippen LogP contribution is 2.28. The highest BCUT2D eigenvalue weighted by atomic mass is 35.5. The van der Waals surface area contributed by atoms with Crippen LogP contribution in [0.5, 0.6) is 0 Å². The minimum Gasteiger partial charge on any atom is -0.329 e. The quantitative estimate of drug-likeness (QED) is 0.332. The Morgan fingerprint density at radius 1 is 0.971 bits per heavy atom. The number of hydrogen-bond donors (Lipinski definition) is 1. The summed E-state index contributed by atoms with van der Waals surface area (Å²) < 4.78 is 1.62. The fourth-order valence-electron chi connectivity index (χ4n) is 3.78. The number of aromatic nitrogens is 2. The minimum atomic E-state index is -0.313. The van der Waals surface area contributed by atoms with E-state index >= 15 is 0 Å². The summed E-state index contributed by atoms with van der Waals surface area (Å²) in [6, 6.07) is 26.2. The molecule has 0 aliphatic heterocycles. The smallest absolute Gasteiger partial charge is 0.254 e. The SMILES string of the molecule is CCCN(CC(=O)Nc1cc(-c2ccccc2)nn1-c1ccccc1Cl)C(=O)c1ccc(C)cc1. The van der Waals surface area contributed by atoms with Crippen molar-refractivity contribution in [3.8, 4) is 16.9 Å². The van der Waals surface area contributed by atoms with Gasteiger partial charge in [-0.2, -0.15) is 5.10 Å². The molecule has 0 atom stereocenters. The lowest BCUT2D eigenvalue weighted by molar-refractivity contribution is -0.116. The van der Waals surface area contributed by atoms with Gasteiger partial charge in [-0.25, -0.2) is 4.68 Å². The number of nitrogens with one attached hydrogen (secondary N) is 1. The number of para-hydroxylation sites is 1. The van der Waals surface area contributed by atoms with Crippen LogP contribution in [0.25, 0.3) is 16.9 Å². The van der Waals surface area contributed by atoms with E-state index < -0.39 is 0 Å². The maximum absolute atomic E-state index is 13.1. The van der Waals surface area contributed by atoms with Gasteiger partial charge in [-0.1, -0.05) is 78.7 Å². The zero-order valence-electron chi connectivity index (χ0n) is 19.7. The van der Waals surface area contributed by atoms with Crippen molar-refractivity contribution in [2.24, 2.45) is 0 Å². The first kappa shape index (κ1) is 24.2. The fraction of sp³-hybridized carbons (Fsp3) is 0.179. The van der Waals surface area contributed by atoms with E-state index in [1.54, 1.807) is 27.8 Å². The van der Waals surface area contributed by atoms with Gasteiger partial charge in [0, 0.05) is 23.7 Å². The summed E-state index contributed by atoms with van der Waals surface area (Å²) in [6.07, 6.45) is 0.737. The van der Waals surface area contributed by atoms with Crippen LogP contribution in [0, 0.1) is 6.92 Å². The maximum atomic E-state index is 13.1. The van der Waals surface area contributed by atoms with Crippen molar-refractivity contribution in [3.05, 3.63) is 101 Å². The molecule has 0 spiro atoms.